The normalized spacial score (nSPS) is 11.6. The third-order valence-corrected chi connectivity index (χ3v) is 3.28. The molecule has 0 spiro atoms. The minimum Gasteiger partial charge on any atom is -0.349 e. The highest BCUT2D eigenvalue weighted by molar-refractivity contribution is 5.77. The van der Waals surface area contributed by atoms with Gasteiger partial charge in [-0.05, 0) is 19.8 Å². The van der Waals surface area contributed by atoms with Crippen LogP contribution < -0.4 is 11.1 Å². The zero-order valence-corrected chi connectivity index (χ0v) is 11.3. The Bertz CT molecular complexity index is 377. The number of nitrogens with zero attached hydrogens (tertiary/aromatic N) is 2. The molecule has 3 N–H and O–H groups in total. The molecule has 0 unspecified atom stereocenters. The minimum absolute atomic E-state index is 0.0278. The molecule has 6 heteroatoms. The Hall–Kier alpha value is -1.43. The van der Waals surface area contributed by atoms with Crippen LogP contribution in [0.4, 0.5) is 0 Å². The number of carbonyl (C=O) groups excluding carboxylic acids is 1. The SMILES string of the molecule is CCC(CC)(CN)NC(=O)CCc1nc(C)no1. The van der Waals surface area contributed by atoms with Crippen molar-refractivity contribution in [1.82, 2.24) is 15.5 Å². The Morgan fingerprint density at radius 1 is 1.44 bits per heavy atom. The lowest BCUT2D eigenvalue weighted by molar-refractivity contribution is -0.123. The molecule has 18 heavy (non-hydrogen) atoms. The fraction of sp³-hybridized carbons (Fsp3) is 0.750. The summed E-state index contributed by atoms with van der Waals surface area (Å²) in [6.45, 7) is 6.25. The van der Waals surface area contributed by atoms with Gasteiger partial charge in [0, 0.05) is 19.4 Å². The highest BCUT2D eigenvalue weighted by atomic mass is 16.5. The molecule has 0 aliphatic heterocycles. The number of aryl methyl sites for hydroxylation is 2. The molecule has 0 fully saturated rings. The van der Waals surface area contributed by atoms with Crippen LogP contribution in [0.3, 0.4) is 0 Å². The van der Waals surface area contributed by atoms with Gasteiger partial charge in [0.1, 0.15) is 0 Å². The molecule has 0 aromatic carbocycles. The lowest BCUT2D eigenvalue weighted by atomic mass is 9.92. The van der Waals surface area contributed by atoms with Crippen molar-refractivity contribution in [1.29, 1.82) is 0 Å². The van der Waals surface area contributed by atoms with Crippen molar-refractivity contribution >= 4 is 5.91 Å². The van der Waals surface area contributed by atoms with Gasteiger partial charge >= 0.3 is 0 Å². The van der Waals surface area contributed by atoms with E-state index in [1.165, 1.54) is 0 Å². The van der Waals surface area contributed by atoms with Gasteiger partial charge in [-0.3, -0.25) is 4.79 Å². The summed E-state index contributed by atoms with van der Waals surface area (Å²) in [6.07, 6.45) is 2.45. The fourth-order valence-electron chi connectivity index (χ4n) is 1.79. The number of hydrogen-bond donors (Lipinski definition) is 2. The van der Waals surface area contributed by atoms with Gasteiger partial charge in [-0.15, -0.1) is 0 Å². The van der Waals surface area contributed by atoms with Crippen LogP contribution in [-0.2, 0) is 11.2 Å². The van der Waals surface area contributed by atoms with E-state index in [4.69, 9.17) is 10.3 Å². The van der Waals surface area contributed by atoms with Gasteiger partial charge < -0.3 is 15.6 Å². The second-order valence-corrected chi connectivity index (χ2v) is 4.48. The van der Waals surface area contributed by atoms with Crippen LogP contribution in [-0.4, -0.2) is 28.1 Å². The van der Waals surface area contributed by atoms with Crippen molar-refractivity contribution in [2.24, 2.45) is 5.73 Å². The summed E-state index contributed by atoms with van der Waals surface area (Å²) in [6, 6.07) is 0. The minimum atomic E-state index is -0.290. The van der Waals surface area contributed by atoms with Crippen LogP contribution in [0.1, 0.15) is 44.8 Å². The Kier molecular flexibility index (Phi) is 5.27. The van der Waals surface area contributed by atoms with Crippen LogP contribution in [0.2, 0.25) is 0 Å². The maximum Gasteiger partial charge on any atom is 0.227 e. The summed E-state index contributed by atoms with van der Waals surface area (Å²) in [5.41, 5.74) is 5.44. The smallest absolute Gasteiger partial charge is 0.227 e. The van der Waals surface area contributed by atoms with E-state index in [9.17, 15) is 4.79 Å². The van der Waals surface area contributed by atoms with E-state index in [2.05, 4.69) is 15.5 Å². The highest BCUT2D eigenvalue weighted by Gasteiger charge is 2.26. The molecule has 0 radical (unpaired) electrons. The Labute approximate surface area is 107 Å². The van der Waals surface area contributed by atoms with E-state index in [0.29, 0.717) is 31.1 Å². The average Bonchev–Trinajstić information content (AvgIpc) is 2.80. The number of hydrogen-bond acceptors (Lipinski definition) is 5. The second-order valence-electron chi connectivity index (χ2n) is 4.48. The van der Waals surface area contributed by atoms with Crippen molar-refractivity contribution in [2.45, 2.75) is 52.0 Å². The summed E-state index contributed by atoms with van der Waals surface area (Å²) < 4.78 is 4.96. The number of aromatic nitrogens is 2. The Morgan fingerprint density at radius 3 is 2.56 bits per heavy atom. The summed E-state index contributed by atoms with van der Waals surface area (Å²) in [4.78, 5) is 15.9. The van der Waals surface area contributed by atoms with Gasteiger partial charge in [-0.25, -0.2) is 0 Å². The number of nitrogens with one attached hydrogen (secondary N) is 1. The molecular weight excluding hydrogens is 232 g/mol. The van der Waals surface area contributed by atoms with Crippen molar-refractivity contribution < 1.29 is 9.32 Å². The molecule has 0 atom stereocenters. The molecule has 1 heterocycles. The first-order chi connectivity index (χ1) is 8.55. The van der Waals surface area contributed by atoms with Crippen molar-refractivity contribution in [2.75, 3.05) is 6.54 Å². The molecule has 1 aromatic heterocycles. The third-order valence-electron chi connectivity index (χ3n) is 3.28. The summed E-state index contributed by atoms with van der Waals surface area (Å²) in [5.74, 6) is 1.05. The standard InChI is InChI=1S/C12H22N4O2/c1-4-12(5-2,8-13)15-10(17)6-7-11-14-9(3)16-18-11/h4-8,13H2,1-3H3,(H,15,17). The predicted molar refractivity (Wildman–Crippen MR) is 67.9 cm³/mol. The van der Waals surface area contributed by atoms with E-state index >= 15 is 0 Å². The van der Waals surface area contributed by atoms with E-state index < -0.39 is 0 Å². The van der Waals surface area contributed by atoms with E-state index in [-0.39, 0.29) is 11.4 Å². The maximum atomic E-state index is 11.9. The highest BCUT2D eigenvalue weighted by Crippen LogP contribution is 2.13. The van der Waals surface area contributed by atoms with Crippen molar-refractivity contribution in [3.8, 4) is 0 Å². The molecule has 0 aliphatic carbocycles. The lowest BCUT2D eigenvalue weighted by Crippen LogP contribution is -2.52. The fourth-order valence-corrected chi connectivity index (χ4v) is 1.79. The molecule has 0 saturated heterocycles. The van der Waals surface area contributed by atoms with E-state index in [1.54, 1.807) is 6.92 Å². The van der Waals surface area contributed by atoms with Crippen molar-refractivity contribution in [3.05, 3.63) is 11.7 Å². The first-order valence-electron chi connectivity index (χ1n) is 6.35. The van der Waals surface area contributed by atoms with Gasteiger partial charge in [0.15, 0.2) is 5.82 Å². The molecule has 102 valence electrons. The molecular formula is C12H22N4O2. The third kappa shape index (κ3) is 3.80. The first-order valence-corrected chi connectivity index (χ1v) is 6.35. The van der Waals surface area contributed by atoms with E-state index in [1.807, 2.05) is 13.8 Å². The predicted octanol–water partition coefficient (Wildman–Crippen LogP) is 0.944. The van der Waals surface area contributed by atoms with E-state index in [0.717, 1.165) is 12.8 Å². The molecule has 0 aliphatic rings. The van der Waals surface area contributed by atoms with Gasteiger partial charge in [0.25, 0.3) is 0 Å². The van der Waals surface area contributed by atoms with Crippen LogP contribution in [0.25, 0.3) is 0 Å². The number of carbonyl (C=O) groups is 1. The topological polar surface area (TPSA) is 94.0 Å². The summed E-state index contributed by atoms with van der Waals surface area (Å²) >= 11 is 0. The van der Waals surface area contributed by atoms with Gasteiger partial charge in [0.2, 0.25) is 11.8 Å². The number of rotatable bonds is 7. The number of amides is 1. The first kappa shape index (κ1) is 14.6. The quantitative estimate of drug-likeness (QED) is 0.755. The Balaban J connectivity index is 2.46. The van der Waals surface area contributed by atoms with Gasteiger partial charge in [-0.2, -0.15) is 4.98 Å². The van der Waals surface area contributed by atoms with Crippen LogP contribution in [0.5, 0.6) is 0 Å². The molecule has 6 nitrogen and oxygen atoms in total. The molecule has 1 rings (SSSR count). The monoisotopic (exact) mass is 254 g/mol. The lowest BCUT2D eigenvalue weighted by Gasteiger charge is -2.31. The van der Waals surface area contributed by atoms with Crippen LogP contribution >= 0.6 is 0 Å². The largest absolute Gasteiger partial charge is 0.349 e. The van der Waals surface area contributed by atoms with Crippen molar-refractivity contribution in [3.63, 3.8) is 0 Å². The average molecular weight is 254 g/mol. The van der Waals surface area contributed by atoms with Crippen LogP contribution in [0.15, 0.2) is 4.52 Å². The summed E-state index contributed by atoms with van der Waals surface area (Å²) in [7, 11) is 0. The van der Waals surface area contributed by atoms with Crippen LogP contribution in [0, 0.1) is 6.92 Å². The summed E-state index contributed by atoms with van der Waals surface area (Å²) in [5, 5.41) is 6.68. The zero-order valence-electron chi connectivity index (χ0n) is 11.3. The molecule has 0 bridgehead atoms. The van der Waals surface area contributed by atoms with Gasteiger partial charge in [-0.1, -0.05) is 19.0 Å². The second kappa shape index (κ2) is 6.49. The number of nitrogens with two attached hydrogens (primary N) is 1. The molecule has 0 saturated carbocycles. The Morgan fingerprint density at radius 2 is 2.11 bits per heavy atom. The molecule has 1 aromatic rings. The zero-order chi connectivity index (χ0) is 13.6. The van der Waals surface area contributed by atoms with Gasteiger partial charge in [0.05, 0.1) is 5.54 Å². The maximum absolute atomic E-state index is 11.9. The molecule has 1 amide bonds.